The Hall–Kier alpha value is -3.79. The number of methoxy groups -OCH3 is 1. The molecule has 0 radical (unpaired) electrons. The molecule has 7 nitrogen and oxygen atoms in total. The van der Waals surface area contributed by atoms with Crippen LogP contribution in [0.1, 0.15) is 39.6 Å². The third-order valence-corrected chi connectivity index (χ3v) is 6.84. The lowest BCUT2D eigenvalue weighted by molar-refractivity contribution is -0.138. The minimum absolute atomic E-state index is 0.100. The number of primary amides is 1. The molecule has 2 aromatic carbocycles. The molecular weight excluding hydrogens is 521 g/mol. The number of benzene rings is 2. The van der Waals surface area contributed by atoms with E-state index in [1.807, 2.05) is 24.0 Å². The van der Waals surface area contributed by atoms with Crippen molar-refractivity contribution in [1.29, 1.82) is 0 Å². The molecule has 0 bridgehead atoms. The van der Waals surface area contributed by atoms with Crippen LogP contribution in [0.15, 0.2) is 54.7 Å². The zero-order valence-corrected chi connectivity index (χ0v) is 21.5. The Labute approximate surface area is 223 Å². The van der Waals surface area contributed by atoms with Gasteiger partial charge in [0.05, 0.1) is 23.8 Å². The van der Waals surface area contributed by atoms with Gasteiger partial charge in [0.25, 0.3) is 11.8 Å². The number of ether oxygens (including phenoxy) is 1. The molecule has 11 heteroatoms. The van der Waals surface area contributed by atoms with E-state index in [9.17, 15) is 22.8 Å². The van der Waals surface area contributed by atoms with Gasteiger partial charge in [0.15, 0.2) is 0 Å². The van der Waals surface area contributed by atoms with E-state index < -0.39 is 29.1 Å². The molecule has 0 spiro atoms. The first kappa shape index (κ1) is 27.3. The Kier molecular flexibility index (Phi) is 7.82. The fourth-order valence-electron chi connectivity index (χ4n) is 4.74. The van der Waals surface area contributed by atoms with Crippen molar-refractivity contribution in [2.45, 2.75) is 25.6 Å². The Morgan fingerprint density at radius 1 is 1.13 bits per heavy atom. The third kappa shape index (κ3) is 5.40. The molecular formula is C27H26ClF3N4O3. The summed E-state index contributed by atoms with van der Waals surface area (Å²) in [5.41, 5.74) is 6.49. The summed E-state index contributed by atoms with van der Waals surface area (Å²) in [5.74, 6) is -0.954. The largest absolute Gasteiger partial charge is 0.481 e. The van der Waals surface area contributed by atoms with Gasteiger partial charge in [-0.3, -0.25) is 9.59 Å². The summed E-state index contributed by atoms with van der Waals surface area (Å²) in [5, 5.41) is -0.100. The van der Waals surface area contributed by atoms with Crippen molar-refractivity contribution in [1.82, 2.24) is 9.88 Å². The zero-order chi connectivity index (χ0) is 27.6. The van der Waals surface area contributed by atoms with Gasteiger partial charge < -0.3 is 20.3 Å². The average molecular weight is 547 g/mol. The van der Waals surface area contributed by atoms with Crippen LogP contribution in [0.4, 0.5) is 18.9 Å². The van der Waals surface area contributed by atoms with Crippen LogP contribution in [-0.2, 0) is 6.18 Å². The number of nitrogens with zero attached hydrogens (tertiary/aromatic N) is 3. The fraction of sp³-hybridized carbons (Fsp3) is 0.296. The second-order valence-corrected chi connectivity index (χ2v) is 9.29. The van der Waals surface area contributed by atoms with Crippen molar-refractivity contribution in [3.63, 3.8) is 0 Å². The fourth-order valence-corrected chi connectivity index (χ4v) is 4.91. The highest BCUT2D eigenvalue weighted by atomic mass is 35.5. The second-order valence-electron chi connectivity index (χ2n) is 8.85. The van der Waals surface area contributed by atoms with Crippen LogP contribution < -0.4 is 15.4 Å². The molecule has 1 fully saturated rings. The number of pyridine rings is 1. The van der Waals surface area contributed by atoms with Crippen molar-refractivity contribution in [2.75, 3.05) is 31.6 Å². The SMILES string of the molecule is CC[C@@H]1CN(C(=O)c2ccc(Cl)cc2C(F)(F)F)CCN1c1ccc(-c2cccnc2OC)cc1C(N)=O. The minimum atomic E-state index is -4.73. The highest BCUT2D eigenvalue weighted by molar-refractivity contribution is 6.30. The normalized spacial score (nSPS) is 15.9. The molecule has 3 aromatic rings. The van der Waals surface area contributed by atoms with Gasteiger partial charge in [-0.2, -0.15) is 13.2 Å². The van der Waals surface area contributed by atoms with Crippen LogP contribution in [0, 0.1) is 0 Å². The van der Waals surface area contributed by atoms with Crippen LogP contribution in [-0.4, -0.2) is 54.5 Å². The van der Waals surface area contributed by atoms with E-state index in [2.05, 4.69) is 4.98 Å². The van der Waals surface area contributed by atoms with Crippen LogP contribution in [0.5, 0.6) is 5.88 Å². The lowest BCUT2D eigenvalue weighted by Gasteiger charge is -2.43. The predicted molar refractivity (Wildman–Crippen MR) is 139 cm³/mol. The molecule has 2 amide bonds. The molecule has 1 aromatic heterocycles. The monoisotopic (exact) mass is 546 g/mol. The number of rotatable bonds is 6. The van der Waals surface area contributed by atoms with Crippen LogP contribution in [0.2, 0.25) is 5.02 Å². The number of carbonyl (C=O) groups excluding carboxylic acids is 2. The summed E-state index contributed by atoms with van der Waals surface area (Å²) < 4.78 is 46.2. The summed E-state index contributed by atoms with van der Waals surface area (Å²) in [6.07, 6.45) is -2.55. The molecule has 2 N–H and O–H groups in total. The summed E-state index contributed by atoms with van der Waals surface area (Å²) >= 11 is 5.77. The summed E-state index contributed by atoms with van der Waals surface area (Å²) in [7, 11) is 1.50. The molecule has 1 aliphatic heterocycles. The van der Waals surface area contributed by atoms with Crippen molar-refractivity contribution in [2.24, 2.45) is 5.73 Å². The van der Waals surface area contributed by atoms with Crippen molar-refractivity contribution in [3.8, 4) is 17.0 Å². The second kappa shape index (κ2) is 10.9. The molecule has 38 heavy (non-hydrogen) atoms. The molecule has 4 rings (SSSR count). The van der Waals surface area contributed by atoms with Gasteiger partial charge in [-0.15, -0.1) is 0 Å². The number of aromatic nitrogens is 1. The molecule has 0 aliphatic carbocycles. The molecule has 2 heterocycles. The first-order valence-electron chi connectivity index (χ1n) is 11.9. The summed E-state index contributed by atoms with van der Waals surface area (Å²) in [4.78, 5) is 33.2. The third-order valence-electron chi connectivity index (χ3n) is 6.61. The number of hydrogen-bond acceptors (Lipinski definition) is 5. The maximum Gasteiger partial charge on any atom is 0.417 e. The quantitative estimate of drug-likeness (QED) is 0.455. The number of hydrogen-bond donors (Lipinski definition) is 1. The average Bonchev–Trinajstić information content (AvgIpc) is 2.91. The number of carbonyl (C=O) groups is 2. The molecule has 1 saturated heterocycles. The molecule has 0 saturated carbocycles. The van der Waals surface area contributed by atoms with E-state index in [4.69, 9.17) is 22.1 Å². The summed E-state index contributed by atoms with van der Waals surface area (Å²) in [6.45, 7) is 2.54. The van der Waals surface area contributed by atoms with Crippen molar-refractivity contribution < 1.29 is 27.5 Å². The number of halogens is 4. The van der Waals surface area contributed by atoms with Crippen molar-refractivity contribution >= 4 is 29.1 Å². The number of nitrogens with two attached hydrogens (primary N) is 1. The number of piperazine rings is 1. The Balaban J connectivity index is 1.64. The standard InChI is InChI=1S/C27H26ClF3N4O3/c1-3-18-15-34(26(37)20-8-7-17(28)14-22(20)27(29,30)31)11-12-35(18)23-9-6-16(13-21(23)24(32)36)19-5-4-10-33-25(19)38-2/h4-10,13-14,18H,3,11-12,15H2,1-2H3,(H2,32,36)/t18-/m1/s1. The predicted octanol–water partition coefficient (Wildman–Crippen LogP) is 5.27. The number of amides is 2. The van der Waals surface area contributed by atoms with Gasteiger partial charge in [-0.1, -0.05) is 24.6 Å². The number of anilines is 1. The van der Waals surface area contributed by atoms with Crippen LogP contribution in [0.25, 0.3) is 11.1 Å². The van der Waals surface area contributed by atoms with E-state index in [1.165, 1.54) is 18.1 Å². The topological polar surface area (TPSA) is 88.8 Å². The van der Waals surface area contributed by atoms with Gasteiger partial charge in [0.1, 0.15) is 0 Å². The molecule has 1 aliphatic rings. The van der Waals surface area contributed by atoms with Crippen LogP contribution in [0.3, 0.4) is 0 Å². The highest BCUT2D eigenvalue weighted by Crippen LogP contribution is 2.36. The van der Waals surface area contributed by atoms with Crippen LogP contribution >= 0.6 is 11.6 Å². The first-order chi connectivity index (χ1) is 18.0. The Morgan fingerprint density at radius 2 is 1.89 bits per heavy atom. The maximum atomic E-state index is 13.6. The van der Waals surface area contributed by atoms with Gasteiger partial charge >= 0.3 is 6.18 Å². The highest BCUT2D eigenvalue weighted by Gasteiger charge is 2.38. The van der Waals surface area contributed by atoms with E-state index in [1.54, 1.807) is 24.4 Å². The first-order valence-corrected chi connectivity index (χ1v) is 12.3. The maximum absolute atomic E-state index is 13.6. The van der Waals surface area contributed by atoms with E-state index in [0.29, 0.717) is 35.7 Å². The van der Waals surface area contributed by atoms with Gasteiger partial charge in [-0.25, -0.2) is 4.98 Å². The van der Waals surface area contributed by atoms with Crippen molar-refractivity contribution in [3.05, 3.63) is 76.4 Å². The summed E-state index contributed by atoms with van der Waals surface area (Å²) in [6, 6.07) is 11.7. The minimum Gasteiger partial charge on any atom is -0.481 e. The lowest BCUT2D eigenvalue weighted by Crippen LogP contribution is -2.55. The van der Waals surface area contributed by atoms with Gasteiger partial charge in [0, 0.05) is 48.1 Å². The van der Waals surface area contributed by atoms with E-state index >= 15 is 0 Å². The number of alkyl halides is 3. The zero-order valence-electron chi connectivity index (χ0n) is 20.8. The van der Waals surface area contributed by atoms with Gasteiger partial charge in [-0.05, 0) is 54.4 Å². The van der Waals surface area contributed by atoms with E-state index in [0.717, 1.165) is 12.1 Å². The lowest BCUT2D eigenvalue weighted by atomic mass is 9.99. The van der Waals surface area contributed by atoms with E-state index in [-0.39, 0.29) is 29.7 Å². The Morgan fingerprint density at radius 3 is 2.55 bits per heavy atom. The Bertz CT molecular complexity index is 1370. The molecule has 200 valence electrons. The van der Waals surface area contributed by atoms with Gasteiger partial charge in [0.2, 0.25) is 5.88 Å². The smallest absolute Gasteiger partial charge is 0.417 e. The molecule has 1 atom stereocenters. The molecule has 0 unspecified atom stereocenters.